The molecular weight excluding hydrogens is 711 g/mol. The number of nitrogens with zero attached hydrogens (tertiary/aromatic N) is 3. The molecule has 266 valence electrons. The predicted octanol–water partition coefficient (Wildman–Crippen LogP) is 14.5. The van der Waals surface area contributed by atoms with Gasteiger partial charge in [-0.25, -0.2) is 15.0 Å². The lowest BCUT2D eigenvalue weighted by atomic mass is 9.97. The third-order valence-corrected chi connectivity index (χ3v) is 12.1. The standard InChI is InChI=1S/C53H33N3S/c1-3-10-34(11-4-1)36-18-22-39(23-19-36)46-16-9-17-48-50(46)47-31-29-43(33-49(47)57-48)53-55-51(40-25-20-37(21-26-40)35-12-5-2-6-13-35)54-52(56-53)42-28-30-45-41(32-42)27-24-38-14-7-8-15-44(38)45/h1-33H. The summed E-state index contributed by atoms with van der Waals surface area (Å²) in [5.74, 6) is 1.94. The zero-order chi connectivity index (χ0) is 37.7. The van der Waals surface area contributed by atoms with Gasteiger partial charge in [0, 0.05) is 36.9 Å². The van der Waals surface area contributed by atoms with E-state index in [2.05, 4.69) is 194 Å². The summed E-state index contributed by atoms with van der Waals surface area (Å²) in [7, 11) is 0. The third-order valence-electron chi connectivity index (χ3n) is 10.9. The second-order valence-electron chi connectivity index (χ2n) is 14.4. The molecule has 11 rings (SSSR count). The summed E-state index contributed by atoms with van der Waals surface area (Å²) < 4.78 is 2.45. The molecule has 0 aliphatic carbocycles. The van der Waals surface area contributed by atoms with Gasteiger partial charge in [-0.3, -0.25) is 0 Å². The highest BCUT2D eigenvalue weighted by Gasteiger charge is 2.17. The maximum Gasteiger partial charge on any atom is 0.164 e. The minimum atomic E-state index is 0.644. The fraction of sp³-hybridized carbons (Fsp3) is 0. The Morgan fingerprint density at radius 3 is 1.46 bits per heavy atom. The van der Waals surface area contributed by atoms with Crippen LogP contribution in [0.2, 0.25) is 0 Å². The van der Waals surface area contributed by atoms with E-state index in [1.165, 1.54) is 64.1 Å². The molecule has 0 unspecified atom stereocenters. The lowest BCUT2D eigenvalue weighted by molar-refractivity contribution is 1.08. The van der Waals surface area contributed by atoms with E-state index in [-0.39, 0.29) is 0 Å². The molecule has 0 aliphatic rings. The highest BCUT2D eigenvalue weighted by molar-refractivity contribution is 7.26. The Kier molecular flexibility index (Phi) is 8.01. The number of hydrogen-bond donors (Lipinski definition) is 0. The van der Waals surface area contributed by atoms with E-state index in [0.29, 0.717) is 17.5 Å². The van der Waals surface area contributed by atoms with Crippen LogP contribution in [0.1, 0.15) is 0 Å². The van der Waals surface area contributed by atoms with Crippen LogP contribution in [0, 0.1) is 0 Å². The van der Waals surface area contributed by atoms with Crippen molar-refractivity contribution >= 4 is 53.1 Å². The molecule has 3 nitrogen and oxygen atoms in total. The largest absolute Gasteiger partial charge is 0.208 e. The van der Waals surface area contributed by atoms with Crippen LogP contribution in [-0.4, -0.2) is 15.0 Å². The Bertz CT molecular complexity index is 3260. The molecule has 0 saturated heterocycles. The maximum absolute atomic E-state index is 5.18. The SMILES string of the molecule is c1ccc(-c2ccc(-c3nc(-c4ccc5c(ccc6ccccc65)c4)nc(-c4ccc5c(c4)sc4cccc(-c6ccc(-c7ccccc7)cc6)c45)n3)cc2)cc1. The number of thiophene rings is 1. The zero-order valence-electron chi connectivity index (χ0n) is 30.8. The summed E-state index contributed by atoms with van der Waals surface area (Å²) in [6.45, 7) is 0. The van der Waals surface area contributed by atoms with Gasteiger partial charge in [0.15, 0.2) is 17.5 Å². The predicted molar refractivity (Wildman–Crippen MR) is 240 cm³/mol. The van der Waals surface area contributed by atoms with Crippen molar-refractivity contribution < 1.29 is 0 Å². The first kappa shape index (κ1) is 33.1. The molecule has 0 atom stereocenters. The molecule has 0 saturated carbocycles. The van der Waals surface area contributed by atoms with Gasteiger partial charge >= 0.3 is 0 Å². The van der Waals surface area contributed by atoms with Crippen LogP contribution in [0.5, 0.6) is 0 Å². The normalized spacial score (nSPS) is 11.5. The fourth-order valence-electron chi connectivity index (χ4n) is 8.04. The molecule has 0 amide bonds. The van der Waals surface area contributed by atoms with Gasteiger partial charge in [0.05, 0.1) is 0 Å². The van der Waals surface area contributed by atoms with E-state index in [4.69, 9.17) is 15.0 Å². The van der Waals surface area contributed by atoms with Gasteiger partial charge in [-0.15, -0.1) is 11.3 Å². The van der Waals surface area contributed by atoms with E-state index in [9.17, 15) is 0 Å². The summed E-state index contributed by atoms with van der Waals surface area (Å²) in [5.41, 5.74) is 10.1. The van der Waals surface area contributed by atoms with Crippen molar-refractivity contribution in [2.45, 2.75) is 0 Å². The number of aromatic nitrogens is 3. The van der Waals surface area contributed by atoms with Gasteiger partial charge in [0.25, 0.3) is 0 Å². The summed E-state index contributed by atoms with van der Waals surface area (Å²) in [6.07, 6.45) is 0. The van der Waals surface area contributed by atoms with Gasteiger partial charge in [-0.05, 0) is 73.1 Å². The zero-order valence-corrected chi connectivity index (χ0v) is 31.6. The molecule has 0 fully saturated rings. The first-order chi connectivity index (χ1) is 28.2. The van der Waals surface area contributed by atoms with Crippen molar-refractivity contribution in [2.24, 2.45) is 0 Å². The minimum absolute atomic E-state index is 0.644. The van der Waals surface area contributed by atoms with Crippen LogP contribution in [0.4, 0.5) is 0 Å². The Hall–Kier alpha value is -7.27. The molecule has 0 bridgehead atoms. The number of hydrogen-bond acceptors (Lipinski definition) is 4. The first-order valence-electron chi connectivity index (χ1n) is 19.2. The highest BCUT2D eigenvalue weighted by Crippen LogP contribution is 2.42. The van der Waals surface area contributed by atoms with Gasteiger partial charge in [-0.2, -0.15) is 0 Å². The molecule has 2 heterocycles. The molecular formula is C53H33N3S. The van der Waals surface area contributed by atoms with Gasteiger partial charge in [0.2, 0.25) is 0 Å². The van der Waals surface area contributed by atoms with Crippen LogP contribution in [0.15, 0.2) is 200 Å². The van der Waals surface area contributed by atoms with Gasteiger partial charge in [-0.1, -0.05) is 182 Å². The van der Waals surface area contributed by atoms with Crippen LogP contribution in [0.25, 0.3) is 109 Å². The molecule has 0 spiro atoms. The number of benzene rings is 9. The maximum atomic E-state index is 5.18. The summed E-state index contributed by atoms with van der Waals surface area (Å²) in [5, 5.41) is 7.33. The molecule has 4 heteroatoms. The lowest BCUT2D eigenvalue weighted by Gasteiger charge is -2.11. The van der Waals surface area contributed by atoms with Gasteiger partial charge < -0.3 is 0 Å². The lowest BCUT2D eigenvalue weighted by Crippen LogP contribution is -2.00. The second kappa shape index (κ2) is 13.8. The Morgan fingerprint density at radius 2 is 0.772 bits per heavy atom. The van der Waals surface area contributed by atoms with E-state index >= 15 is 0 Å². The number of fused-ring (bicyclic) bond motifs is 6. The van der Waals surface area contributed by atoms with Crippen molar-refractivity contribution in [2.75, 3.05) is 0 Å². The average Bonchev–Trinajstić information content (AvgIpc) is 3.68. The van der Waals surface area contributed by atoms with Crippen LogP contribution in [-0.2, 0) is 0 Å². The summed E-state index contributed by atoms with van der Waals surface area (Å²) in [4.78, 5) is 15.4. The molecule has 0 N–H and O–H groups in total. The van der Waals surface area contributed by atoms with Crippen LogP contribution >= 0.6 is 11.3 Å². The topological polar surface area (TPSA) is 38.7 Å². The summed E-state index contributed by atoms with van der Waals surface area (Å²) >= 11 is 1.81. The van der Waals surface area contributed by atoms with E-state index in [0.717, 1.165) is 27.6 Å². The Labute approximate surface area is 334 Å². The third kappa shape index (κ3) is 6.04. The van der Waals surface area contributed by atoms with Crippen molar-refractivity contribution in [3.05, 3.63) is 200 Å². The Balaban J connectivity index is 1.03. The summed E-state index contributed by atoms with van der Waals surface area (Å²) in [6, 6.07) is 71.1. The van der Waals surface area contributed by atoms with Crippen molar-refractivity contribution in [1.82, 2.24) is 15.0 Å². The molecule has 0 radical (unpaired) electrons. The molecule has 11 aromatic rings. The van der Waals surface area contributed by atoms with Crippen LogP contribution in [0.3, 0.4) is 0 Å². The first-order valence-corrected chi connectivity index (χ1v) is 20.0. The fourth-order valence-corrected chi connectivity index (χ4v) is 9.21. The molecule has 9 aromatic carbocycles. The van der Waals surface area contributed by atoms with Crippen LogP contribution < -0.4 is 0 Å². The smallest absolute Gasteiger partial charge is 0.164 e. The van der Waals surface area contributed by atoms with Crippen molar-refractivity contribution in [1.29, 1.82) is 0 Å². The van der Waals surface area contributed by atoms with E-state index < -0.39 is 0 Å². The molecule has 2 aromatic heterocycles. The average molecular weight is 744 g/mol. The number of rotatable bonds is 6. The second-order valence-corrected chi connectivity index (χ2v) is 15.5. The van der Waals surface area contributed by atoms with Crippen molar-refractivity contribution in [3.63, 3.8) is 0 Å². The Morgan fingerprint density at radius 1 is 0.281 bits per heavy atom. The van der Waals surface area contributed by atoms with E-state index in [1.807, 2.05) is 17.4 Å². The highest BCUT2D eigenvalue weighted by atomic mass is 32.1. The quantitative estimate of drug-likeness (QED) is 0.159. The van der Waals surface area contributed by atoms with Crippen molar-refractivity contribution in [3.8, 4) is 67.5 Å². The van der Waals surface area contributed by atoms with E-state index in [1.54, 1.807) is 0 Å². The monoisotopic (exact) mass is 743 g/mol. The molecule has 57 heavy (non-hydrogen) atoms. The van der Waals surface area contributed by atoms with Gasteiger partial charge in [0.1, 0.15) is 0 Å². The minimum Gasteiger partial charge on any atom is -0.208 e. The molecule has 0 aliphatic heterocycles.